The van der Waals surface area contributed by atoms with Gasteiger partial charge in [-0.1, -0.05) is 0 Å². The third-order valence-electron chi connectivity index (χ3n) is 8.72. The summed E-state index contributed by atoms with van der Waals surface area (Å²) in [5, 5.41) is 15.5. The van der Waals surface area contributed by atoms with Crippen molar-refractivity contribution < 1.29 is 5.11 Å². The first-order valence-corrected chi connectivity index (χ1v) is 12.1. The highest BCUT2D eigenvalue weighted by Gasteiger charge is 2.46. The van der Waals surface area contributed by atoms with E-state index in [-0.39, 0.29) is 17.6 Å². The van der Waals surface area contributed by atoms with E-state index in [0.717, 1.165) is 61.6 Å². The average molecular weight is 436 g/mol. The highest BCUT2D eigenvalue weighted by atomic mass is 16.3. The average Bonchev–Trinajstić information content (AvgIpc) is 3.36. The number of hydrogen-bond acceptors (Lipinski definition) is 8. The summed E-state index contributed by atoms with van der Waals surface area (Å²) in [7, 11) is 0. The van der Waals surface area contributed by atoms with Crippen LogP contribution in [0.2, 0.25) is 0 Å². The predicted molar refractivity (Wildman–Crippen MR) is 125 cm³/mol. The van der Waals surface area contributed by atoms with Gasteiger partial charge in [0.25, 0.3) is 0 Å². The predicted octanol–water partition coefficient (Wildman–Crippen LogP) is 2.08. The third-order valence-corrected chi connectivity index (χ3v) is 8.72. The quantitative estimate of drug-likeness (QED) is 0.763. The van der Waals surface area contributed by atoms with E-state index in [1.165, 1.54) is 19.3 Å². The molecular weight excluding hydrogens is 402 g/mol. The van der Waals surface area contributed by atoms with Crippen LogP contribution in [-0.2, 0) is 5.41 Å². The maximum Gasteiger partial charge on any atom is 0.144 e. The largest absolute Gasteiger partial charge is 0.391 e. The second kappa shape index (κ2) is 7.35. The Morgan fingerprint density at radius 3 is 2.62 bits per heavy atom. The van der Waals surface area contributed by atoms with Gasteiger partial charge >= 0.3 is 0 Å². The van der Waals surface area contributed by atoms with Crippen LogP contribution in [0.15, 0.2) is 23.6 Å². The van der Waals surface area contributed by atoms with Gasteiger partial charge in [0.15, 0.2) is 0 Å². The van der Waals surface area contributed by atoms with Gasteiger partial charge in [0.1, 0.15) is 11.6 Å². The Hall–Kier alpha value is -2.32. The number of likely N-dealkylation sites (tertiary alicyclic amines) is 1. The Kier molecular flexibility index (Phi) is 4.66. The van der Waals surface area contributed by atoms with Crippen LogP contribution >= 0.6 is 0 Å². The summed E-state index contributed by atoms with van der Waals surface area (Å²) in [5.41, 5.74) is 4.10. The van der Waals surface area contributed by atoms with E-state index >= 15 is 0 Å². The molecule has 8 heteroatoms. The van der Waals surface area contributed by atoms with E-state index in [4.69, 9.17) is 9.97 Å². The number of anilines is 1. The summed E-state index contributed by atoms with van der Waals surface area (Å²) in [6.07, 6.45) is 11.2. The van der Waals surface area contributed by atoms with E-state index < -0.39 is 0 Å². The molecule has 4 atom stereocenters. The van der Waals surface area contributed by atoms with Crippen LogP contribution in [0.25, 0.3) is 10.9 Å². The first-order chi connectivity index (χ1) is 15.5. The summed E-state index contributed by atoms with van der Waals surface area (Å²) in [6.45, 7) is 8.56. The summed E-state index contributed by atoms with van der Waals surface area (Å²) in [4.78, 5) is 19.4. The SMILES string of the molecule is CC1NN=CC1(C)c1nc(N2CCC3(CC2)CCN([C@H]2CC[C@@H]2O)C3)c2ccncc2n1. The smallest absolute Gasteiger partial charge is 0.144 e. The molecule has 1 aliphatic carbocycles. The number of nitrogens with zero attached hydrogens (tertiary/aromatic N) is 6. The topological polar surface area (TPSA) is 89.8 Å². The molecule has 2 aromatic heterocycles. The molecule has 0 bridgehead atoms. The zero-order valence-electron chi connectivity index (χ0n) is 19.0. The van der Waals surface area contributed by atoms with Crippen LogP contribution in [0.4, 0.5) is 5.82 Å². The Morgan fingerprint density at radius 1 is 1.12 bits per heavy atom. The van der Waals surface area contributed by atoms with Gasteiger partial charge in [-0.3, -0.25) is 9.88 Å². The number of pyridine rings is 1. The van der Waals surface area contributed by atoms with Crippen LogP contribution in [0.5, 0.6) is 0 Å². The van der Waals surface area contributed by atoms with Crippen LogP contribution in [0, 0.1) is 5.41 Å². The second-order valence-electron chi connectivity index (χ2n) is 10.6. The highest BCUT2D eigenvalue weighted by Crippen LogP contribution is 2.44. The lowest BCUT2D eigenvalue weighted by Gasteiger charge is -2.43. The monoisotopic (exact) mass is 435 g/mol. The molecule has 3 fully saturated rings. The molecule has 0 aromatic carbocycles. The van der Waals surface area contributed by atoms with Gasteiger partial charge in [-0.05, 0) is 64.0 Å². The minimum atomic E-state index is -0.342. The van der Waals surface area contributed by atoms with E-state index in [1.54, 1.807) is 0 Å². The number of aliphatic hydroxyl groups is 1. The van der Waals surface area contributed by atoms with Gasteiger partial charge in [-0.15, -0.1) is 0 Å². The molecule has 3 aliphatic heterocycles. The van der Waals surface area contributed by atoms with Gasteiger partial charge < -0.3 is 15.4 Å². The van der Waals surface area contributed by atoms with Gasteiger partial charge in [0.05, 0.1) is 29.3 Å². The molecule has 5 heterocycles. The van der Waals surface area contributed by atoms with Crippen molar-refractivity contribution >= 4 is 22.9 Å². The van der Waals surface area contributed by atoms with E-state index in [0.29, 0.717) is 11.5 Å². The molecule has 2 aromatic rings. The lowest BCUT2D eigenvalue weighted by molar-refractivity contribution is -0.0164. The van der Waals surface area contributed by atoms with Crippen LogP contribution in [-0.4, -0.2) is 75.5 Å². The lowest BCUT2D eigenvalue weighted by Crippen LogP contribution is -2.51. The molecule has 2 saturated heterocycles. The minimum absolute atomic E-state index is 0.109. The maximum atomic E-state index is 10.1. The fourth-order valence-electron chi connectivity index (χ4n) is 5.97. The molecular formula is C24H33N7O. The Balaban J connectivity index is 1.26. The Bertz CT molecular complexity index is 1050. The summed E-state index contributed by atoms with van der Waals surface area (Å²) in [5.74, 6) is 1.83. The molecule has 0 amide bonds. The summed E-state index contributed by atoms with van der Waals surface area (Å²) >= 11 is 0. The van der Waals surface area contributed by atoms with Crippen LogP contribution < -0.4 is 10.3 Å². The highest BCUT2D eigenvalue weighted by molar-refractivity contribution is 5.89. The number of aliphatic hydroxyl groups excluding tert-OH is 1. The lowest BCUT2D eigenvalue weighted by atomic mass is 9.77. The van der Waals surface area contributed by atoms with Crippen molar-refractivity contribution in [2.75, 3.05) is 31.1 Å². The molecule has 4 aliphatic rings. The minimum Gasteiger partial charge on any atom is -0.391 e. The molecule has 1 spiro atoms. The fourth-order valence-corrected chi connectivity index (χ4v) is 5.97. The number of piperidine rings is 1. The molecule has 170 valence electrons. The van der Waals surface area contributed by atoms with E-state index in [1.807, 2.05) is 24.7 Å². The molecule has 6 rings (SSSR count). The molecule has 1 saturated carbocycles. The summed E-state index contributed by atoms with van der Waals surface area (Å²) < 4.78 is 0. The zero-order chi connectivity index (χ0) is 21.9. The molecule has 32 heavy (non-hydrogen) atoms. The molecule has 0 radical (unpaired) electrons. The van der Waals surface area contributed by atoms with Gasteiger partial charge in [0, 0.05) is 43.5 Å². The zero-order valence-corrected chi connectivity index (χ0v) is 19.0. The van der Waals surface area contributed by atoms with Crippen molar-refractivity contribution in [3.8, 4) is 0 Å². The van der Waals surface area contributed by atoms with Gasteiger partial charge in [0.2, 0.25) is 0 Å². The fraction of sp³-hybridized carbons (Fsp3) is 0.667. The maximum absolute atomic E-state index is 10.1. The van der Waals surface area contributed by atoms with Crippen molar-refractivity contribution in [2.24, 2.45) is 10.5 Å². The number of rotatable bonds is 3. The first-order valence-electron chi connectivity index (χ1n) is 12.1. The number of aromatic nitrogens is 3. The van der Waals surface area contributed by atoms with Crippen LogP contribution in [0.3, 0.4) is 0 Å². The summed E-state index contributed by atoms with van der Waals surface area (Å²) in [6, 6.07) is 2.58. The van der Waals surface area contributed by atoms with Crippen molar-refractivity contribution in [3.63, 3.8) is 0 Å². The van der Waals surface area contributed by atoms with Crippen molar-refractivity contribution in [1.82, 2.24) is 25.3 Å². The second-order valence-corrected chi connectivity index (χ2v) is 10.6. The number of hydrazone groups is 1. The molecule has 2 unspecified atom stereocenters. The third kappa shape index (κ3) is 3.10. The number of nitrogens with one attached hydrogen (secondary N) is 1. The van der Waals surface area contributed by atoms with Gasteiger partial charge in [-0.25, -0.2) is 9.97 Å². The standard InChI is InChI=1S/C24H33N7O/c1-16-23(2,14-26-29-16)22-27-18-13-25-9-5-17(18)21(28-22)30-10-6-24(7-11-30)8-12-31(15-24)19-3-4-20(19)32/h5,9,13-14,16,19-20,29,32H,3-4,6-8,10-12,15H2,1-2H3/t16?,19-,20-,23?/m0/s1. The van der Waals surface area contributed by atoms with Gasteiger partial charge in [-0.2, -0.15) is 5.10 Å². The number of fused-ring (bicyclic) bond motifs is 1. The van der Waals surface area contributed by atoms with Crippen molar-refractivity contribution in [2.45, 2.75) is 69.6 Å². The van der Waals surface area contributed by atoms with Crippen LogP contribution in [0.1, 0.15) is 51.8 Å². The normalized spacial score (nSPS) is 34.2. The molecule has 8 nitrogen and oxygen atoms in total. The van der Waals surface area contributed by atoms with E-state index in [9.17, 15) is 5.11 Å². The number of hydrogen-bond donors (Lipinski definition) is 2. The van der Waals surface area contributed by atoms with Crippen molar-refractivity contribution in [1.29, 1.82) is 0 Å². The van der Waals surface area contributed by atoms with E-state index in [2.05, 4.69) is 39.2 Å². The molecule has 2 N–H and O–H groups in total. The Morgan fingerprint density at radius 2 is 1.94 bits per heavy atom. The van der Waals surface area contributed by atoms with Crippen molar-refractivity contribution in [3.05, 3.63) is 24.3 Å². The first kappa shape index (κ1) is 20.3. The Labute approximate surface area is 189 Å².